The number of amides is 1. The van der Waals surface area contributed by atoms with Gasteiger partial charge in [-0.05, 0) is 51.4 Å². The molecule has 0 aromatic heterocycles. The molecule has 3 aliphatic carbocycles. The number of primary amides is 1. The number of nitrogens with two attached hydrogens (primary N) is 1. The smallest absolute Gasteiger partial charge is 0.255 e. The standard InChI is InChI=1S/C24H26N2O8/c1-10(27)9-34-20-17(23(25)32)22(31)24(33)13(18(20)26(2)3)8-12-7-11-5-4-6-14(28)15(11)19(29)16(12)21(24)30/h4-6,12-13,18,28-29,33H,7-9H2,1-3H3,(H2,25,32)/t12-,13-,18-,24-/m0/s1. The Morgan fingerprint density at radius 2 is 1.88 bits per heavy atom. The van der Waals surface area contributed by atoms with E-state index in [4.69, 9.17) is 10.5 Å². The molecule has 0 spiro atoms. The minimum Gasteiger partial charge on any atom is -0.507 e. The SMILES string of the molecule is CC(=O)COC1=C(C(N)=O)C(=O)[C@@]2(O)C(=O)C3=C(O)c4c(O)cccc4C[C@H]3C[C@H]2[C@@H]1N(C)C. The molecule has 0 aliphatic heterocycles. The second-order valence-electron chi connectivity index (χ2n) is 9.24. The number of Topliss-reactive ketones (excluding diaryl/α,β-unsaturated/α-hetero) is 3. The van der Waals surface area contributed by atoms with Gasteiger partial charge in [-0.25, -0.2) is 0 Å². The number of rotatable bonds is 5. The maximum atomic E-state index is 13.7. The predicted molar refractivity (Wildman–Crippen MR) is 118 cm³/mol. The van der Waals surface area contributed by atoms with Crippen LogP contribution in [0.2, 0.25) is 0 Å². The quantitative estimate of drug-likeness (QED) is 0.342. The molecule has 1 aromatic carbocycles. The van der Waals surface area contributed by atoms with Gasteiger partial charge in [0, 0.05) is 11.5 Å². The first-order valence-corrected chi connectivity index (χ1v) is 10.8. The van der Waals surface area contributed by atoms with Gasteiger partial charge in [-0.2, -0.15) is 0 Å². The molecule has 1 fully saturated rings. The van der Waals surface area contributed by atoms with Crippen molar-refractivity contribution in [2.75, 3.05) is 20.7 Å². The molecule has 0 heterocycles. The second kappa shape index (κ2) is 8.07. The van der Waals surface area contributed by atoms with Crippen LogP contribution in [0, 0.1) is 11.8 Å². The summed E-state index contributed by atoms with van der Waals surface area (Å²) < 4.78 is 5.57. The first-order valence-electron chi connectivity index (χ1n) is 10.8. The number of ether oxygens (including phenoxy) is 1. The molecule has 1 saturated carbocycles. The zero-order valence-corrected chi connectivity index (χ0v) is 19.0. The molecule has 0 radical (unpaired) electrons. The number of ketones is 3. The minimum atomic E-state index is -2.69. The number of carbonyl (C=O) groups is 4. The zero-order valence-electron chi connectivity index (χ0n) is 19.0. The number of nitrogens with zero attached hydrogens (tertiary/aromatic N) is 1. The summed E-state index contributed by atoms with van der Waals surface area (Å²) in [6.07, 6.45) is 0.371. The van der Waals surface area contributed by atoms with E-state index >= 15 is 0 Å². The molecule has 4 rings (SSSR count). The number of phenolic OH excluding ortho intramolecular Hbond substituents is 1. The summed E-state index contributed by atoms with van der Waals surface area (Å²) in [6, 6.07) is 3.77. The third-order valence-electron chi connectivity index (χ3n) is 6.86. The highest BCUT2D eigenvalue weighted by atomic mass is 16.5. The summed E-state index contributed by atoms with van der Waals surface area (Å²) in [7, 11) is 3.25. The van der Waals surface area contributed by atoms with E-state index in [1.54, 1.807) is 31.1 Å². The van der Waals surface area contributed by atoms with Gasteiger partial charge in [0.25, 0.3) is 5.91 Å². The van der Waals surface area contributed by atoms with E-state index in [0.29, 0.717) is 5.56 Å². The van der Waals surface area contributed by atoms with Crippen molar-refractivity contribution >= 4 is 29.0 Å². The van der Waals surface area contributed by atoms with Crippen molar-refractivity contribution in [1.29, 1.82) is 0 Å². The molecule has 3 aliphatic rings. The molecular formula is C24H26N2O8. The van der Waals surface area contributed by atoms with E-state index in [-0.39, 0.29) is 41.3 Å². The van der Waals surface area contributed by atoms with Gasteiger partial charge in [0.2, 0.25) is 11.6 Å². The van der Waals surface area contributed by atoms with E-state index in [9.17, 15) is 34.5 Å². The van der Waals surface area contributed by atoms with Gasteiger partial charge in [-0.1, -0.05) is 12.1 Å². The van der Waals surface area contributed by atoms with Crippen LogP contribution in [0.1, 0.15) is 24.5 Å². The Morgan fingerprint density at radius 3 is 2.47 bits per heavy atom. The van der Waals surface area contributed by atoms with Gasteiger partial charge in [0.1, 0.15) is 29.4 Å². The number of hydrogen-bond donors (Lipinski definition) is 4. The molecule has 4 atom stereocenters. The van der Waals surface area contributed by atoms with Gasteiger partial charge in [-0.15, -0.1) is 0 Å². The van der Waals surface area contributed by atoms with Gasteiger partial charge in [0.15, 0.2) is 11.4 Å². The van der Waals surface area contributed by atoms with Crippen LogP contribution in [0.15, 0.2) is 35.1 Å². The molecular weight excluding hydrogens is 444 g/mol. The van der Waals surface area contributed by atoms with Crippen molar-refractivity contribution < 1.29 is 39.2 Å². The maximum absolute atomic E-state index is 13.7. The number of fused-ring (bicyclic) bond motifs is 3. The topological polar surface area (TPSA) is 167 Å². The van der Waals surface area contributed by atoms with E-state index in [1.807, 2.05) is 0 Å². The van der Waals surface area contributed by atoms with Crippen LogP contribution in [-0.2, 0) is 30.3 Å². The van der Waals surface area contributed by atoms with E-state index in [2.05, 4.69) is 0 Å². The number of likely N-dealkylation sites (N-methyl/N-ethyl adjacent to an activating group) is 1. The molecule has 34 heavy (non-hydrogen) atoms. The first-order chi connectivity index (χ1) is 15.9. The Hall–Kier alpha value is -3.50. The number of aliphatic hydroxyl groups is 2. The molecule has 0 unspecified atom stereocenters. The average Bonchev–Trinajstić information content (AvgIpc) is 2.73. The van der Waals surface area contributed by atoms with Crippen molar-refractivity contribution in [2.45, 2.75) is 31.4 Å². The molecule has 10 nitrogen and oxygen atoms in total. The Balaban J connectivity index is 1.93. The van der Waals surface area contributed by atoms with Crippen LogP contribution in [0.25, 0.3) is 5.76 Å². The van der Waals surface area contributed by atoms with Gasteiger partial charge in [-0.3, -0.25) is 24.1 Å². The highest BCUT2D eigenvalue weighted by Gasteiger charge is 2.65. The Bertz CT molecular complexity index is 1200. The van der Waals surface area contributed by atoms with Crippen molar-refractivity contribution in [1.82, 2.24) is 4.90 Å². The lowest BCUT2D eigenvalue weighted by Crippen LogP contribution is -2.67. The van der Waals surface area contributed by atoms with Gasteiger partial charge < -0.3 is 25.8 Å². The molecule has 0 saturated heterocycles. The van der Waals surface area contributed by atoms with Gasteiger partial charge >= 0.3 is 0 Å². The number of carbonyl (C=O) groups excluding carboxylic acids is 4. The lowest BCUT2D eigenvalue weighted by atomic mass is 9.57. The van der Waals surface area contributed by atoms with E-state index in [0.717, 1.165) is 0 Å². The monoisotopic (exact) mass is 470 g/mol. The third-order valence-corrected chi connectivity index (χ3v) is 6.86. The number of hydrogen-bond acceptors (Lipinski definition) is 9. The molecule has 0 bridgehead atoms. The fourth-order valence-electron chi connectivity index (χ4n) is 5.50. The molecule has 1 amide bonds. The highest BCUT2D eigenvalue weighted by Crippen LogP contribution is 2.52. The van der Waals surface area contributed by atoms with Crippen molar-refractivity contribution in [3.63, 3.8) is 0 Å². The first kappa shape index (κ1) is 23.7. The average molecular weight is 470 g/mol. The van der Waals surface area contributed by atoms with Crippen LogP contribution < -0.4 is 5.73 Å². The summed E-state index contributed by atoms with van der Waals surface area (Å²) in [5.41, 5.74) is 2.61. The molecule has 1 aromatic rings. The van der Waals surface area contributed by atoms with E-state index in [1.165, 1.54) is 13.0 Å². The minimum absolute atomic E-state index is 0.0766. The summed E-state index contributed by atoms with van der Waals surface area (Å²) in [6.45, 7) is 0.847. The lowest BCUT2D eigenvalue weighted by Gasteiger charge is -2.50. The second-order valence-corrected chi connectivity index (χ2v) is 9.24. The fraction of sp³-hybridized carbons (Fsp3) is 0.417. The van der Waals surface area contributed by atoms with Crippen LogP contribution in [0.5, 0.6) is 5.75 Å². The fourth-order valence-corrected chi connectivity index (χ4v) is 5.50. The lowest BCUT2D eigenvalue weighted by molar-refractivity contribution is -0.163. The Kier molecular flexibility index (Phi) is 5.61. The van der Waals surface area contributed by atoms with Crippen LogP contribution in [0.4, 0.5) is 0 Å². The maximum Gasteiger partial charge on any atom is 0.255 e. The Labute approximate surface area is 195 Å². The third kappa shape index (κ3) is 3.24. The Morgan fingerprint density at radius 1 is 1.21 bits per heavy atom. The predicted octanol–water partition coefficient (Wildman–Crippen LogP) is 0.0116. The number of aromatic hydroxyl groups is 1. The number of aliphatic hydroxyl groups excluding tert-OH is 1. The van der Waals surface area contributed by atoms with Crippen molar-refractivity contribution in [3.8, 4) is 5.75 Å². The number of phenols is 1. The number of benzene rings is 1. The highest BCUT2D eigenvalue weighted by molar-refractivity contribution is 6.33. The summed E-state index contributed by atoms with van der Waals surface area (Å²) in [4.78, 5) is 52.7. The largest absolute Gasteiger partial charge is 0.507 e. The molecule has 10 heteroatoms. The van der Waals surface area contributed by atoms with Crippen LogP contribution in [0.3, 0.4) is 0 Å². The summed E-state index contributed by atoms with van der Waals surface area (Å²) in [5.74, 6) is -6.34. The summed E-state index contributed by atoms with van der Waals surface area (Å²) in [5, 5.41) is 32.9. The van der Waals surface area contributed by atoms with E-state index < -0.39 is 58.9 Å². The van der Waals surface area contributed by atoms with Gasteiger partial charge in [0.05, 0.1) is 11.6 Å². The molecule has 180 valence electrons. The van der Waals surface area contributed by atoms with Crippen molar-refractivity contribution in [2.24, 2.45) is 17.6 Å². The van der Waals surface area contributed by atoms with Crippen molar-refractivity contribution in [3.05, 3.63) is 46.2 Å². The van der Waals surface area contributed by atoms with Crippen LogP contribution in [-0.4, -0.2) is 75.8 Å². The zero-order chi connectivity index (χ0) is 25.1. The van der Waals surface area contributed by atoms with Crippen LogP contribution >= 0.6 is 0 Å². The summed E-state index contributed by atoms with van der Waals surface area (Å²) >= 11 is 0. The molecule has 5 N–H and O–H groups in total. The normalized spacial score (nSPS) is 28.4.